The molecule has 0 aliphatic rings. The number of benzene rings is 1. The van der Waals surface area contributed by atoms with Crippen LogP contribution in [0.3, 0.4) is 0 Å². The minimum absolute atomic E-state index is 0.126. The lowest BCUT2D eigenvalue weighted by atomic mass is 9.94. The Balaban J connectivity index is 2.62. The standard InChI is InChI=1S/C13H20FNO2/c1-3-13(2,6-7-16)15-9-10-4-5-12(17)11(14)8-10/h4-5,8,15-17H,3,6-7,9H2,1-2H3. The van der Waals surface area contributed by atoms with Crippen LogP contribution in [0.25, 0.3) is 0 Å². The number of aliphatic hydroxyl groups is 1. The van der Waals surface area contributed by atoms with E-state index in [0.29, 0.717) is 13.0 Å². The molecule has 1 aromatic rings. The van der Waals surface area contributed by atoms with Gasteiger partial charge in [0.1, 0.15) is 0 Å². The number of hydrogen-bond acceptors (Lipinski definition) is 3. The van der Waals surface area contributed by atoms with Gasteiger partial charge in [-0.05, 0) is 37.5 Å². The number of aliphatic hydroxyl groups excluding tert-OH is 1. The van der Waals surface area contributed by atoms with E-state index in [1.165, 1.54) is 12.1 Å². The van der Waals surface area contributed by atoms with Crippen LogP contribution in [0.4, 0.5) is 4.39 Å². The summed E-state index contributed by atoms with van der Waals surface area (Å²) in [5.74, 6) is -0.938. The van der Waals surface area contributed by atoms with Crippen molar-refractivity contribution in [3.63, 3.8) is 0 Å². The number of aromatic hydroxyl groups is 1. The number of nitrogens with one attached hydrogen (secondary N) is 1. The van der Waals surface area contributed by atoms with E-state index in [1.54, 1.807) is 6.07 Å². The minimum atomic E-state index is -0.607. The highest BCUT2D eigenvalue weighted by Crippen LogP contribution is 2.18. The molecule has 3 nitrogen and oxygen atoms in total. The molecule has 0 amide bonds. The second-order valence-electron chi connectivity index (χ2n) is 4.53. The van der Waals surface area contributed by atoms with Crippen LogP contribution in [0, 0.1) is 5.82 Å². The van der Waals surface area contributed by atoms with E-state index in [-0.39, 0.29) is 17.9 Å². The van der Waals surface area contributed by atoms with Crippen molar-refractivity contribution < 1.29 is 14.6 Å². The van der Waals surface area contributed by atoms with E-state index in [1.807, 2.05) is 13.8 Å². The number of hydrogen-bond donors (Lipinski definition) is 3. The lowest BCUT2D eigenvalue weighted by Crippen LogP contribution is -2.42. The largest absolute Gasteiger partial charge is 0.505 e. The summed E-state index contributed by atoms with van der Waals surface area (Å²) in [6, 6.07) is 4.35. The molecule has 0 aliphatic heterocycles. The highest BCUT2D eigenvalue weighted by molar-refractivity contribution is 5.28. The predicted octanol–water partition coefficient (Wildman–Crippen LogP) is 2.17. The van der Waals surface area contributed by atoms with Gasteiger partial charge in [-0.2, -0.15) is 0 Å². The van der Waals surface area contributed by atoms with E-state index >= 15 is 0 Å². The van der Waals surface area contributed by atoms with Crippen molar-refractivity contribution in [2.75, 3.05) is 6.61 Å². The maximum Gasteiger partial charge on any atom is 0.165 e. The maximum absolute atomic E-state index is 13.1. The van der Waals surface area contributed by atoms with Crippen LogP contribution in [0.2, 0.25) is 0 Å². The third-order valence-corrected chi connectivity index (χ3v) is 3.18. The molecular formula is C13H20FNO2. The van der Waals surface area contributed by atoms with Crippen LogP contribution in [-0.4, -0.2) is 22.4 Å². The Morgan fingerprint density at radius 2 is 2.12 bits per heavy atom. The van der Waals surface area contributed by atoms with Crippen molar-refractivity contribution in [2.24, 2.45) is 0 Å². The van der Waals surface area contributed by atoms with E-state index in [9.17, 15) is 4.39 Å². The molecule has 0 bridgehead atoms. The molecule has 0 radical (unpaired) electrons. The van der Waals surface area contributed by atoms with Gasteiger partial charge in [0.15, 0.2) is 11.6 Å². The molecule has 0 fully saturated rings. The summed E-state index contributed by atoms with van der Waals surface area (Å²) in [6.07, 6.45) is 1.54. The molecule has 3 N–H and O–H groups in total. The first-order valence-electron chi connectivity index (χ1n) is 5.84. The molecule has 96 valence electrons. The zero-order valence-electron chi connectivity index (χ0n) is 10.3. The van der Waals surface area contributed by atoms with Crippen LogP contribution in [0.1, 0.15) is 32.3 Å². The number of rotatable bonds is 6. The molecule has 17 heavy (non-hydrogen) atoms. The summed E-state index contributed by atoms with van der Waals surface area (Å²) in [5, 5.41) is 21.4. The molecule has 0 saturated carbocycles. The van der Waals surface area contributed by atoms with Crippen LogP contribution in [0.5, 0.6) is 5.75 Å². The van der Waals surface area contributed by atoms with E-state index in [4.69, 9.17) is 10.2 Å². The third kappa shape index (κ3) is 3.98. The Hall–Kier alpha value is -1.13. The van der Waals surface area contributed by atoms with Crippen LogP contribution >= 0.6 is 0 Å². The van der Waals surface area contributed by atoms with Crippen molar-refractivity contribution in [1.82, 2.24) is 5.32 Å². The van der Waals surface area contributed by atoms with Crippen molar-refractivity contribution in [3.8, 4) is 5.75 Å². The van der Waals surface area contributed by atoms with Gasteiger partial charge < -0.3 is 15.5 Å². The molecule has 1 rings (SSSR count). The summed E-state index contributed by atoms with van der Waals surface area (Å²) >= 11 is 0. The maximum atomic E-state index is 13.1. The average Bonchev–Trinajstić information content (AvgIpc) is 2.31. The number of phenolic OH excluding ortho intramolecular Hbond substituents is 1. The molecule has 0 heterocycles. The first-order valence-corrected chi connectivity index (χ1v) is 5.84. The predicted molar refractivity (Wildman–Crippen MR) is 65.3 cm³/mol. The van der Waals surface area contributed by atoms with Crippen molar-refractivity contribution in [3.05, 3.63) is 29.6 Å². The fourth-order valence-corrected chi connectivity index (χ4v) is 1.61. The normalized spacial score (nSPS) is 14.6. The molecular weight excluding hydrogens is 221 g/mol. The van der Waals surface area contributed by atoms with Gasteiger partial charge in [0.05, 0.1) is 0 Å². The molecule has 1 unspecified atom stereocenters. The van der Waals surface area contributed by atoms with Gasteiger partial charge >= 0.3 is 0 Å². The fourth-order valence-electron chi connectivity index (χ4n) is 1.61. The van der Waals surface area contributed by atoms with Gasteiger partial charge in [0.25, 0.3) is 0 Å². The second-order valence-corrected chi connectivity index (χ2v) is 4.53. The number of phenols is 1. The van der Waals surface area contributed by atoms with Gasteiger partial charge in [-0.3, -0.25) is 0 Å². The van der Waals surface area contributed by atoms with Gasteiger partial charge in [-0.15, -0.1) is 0 Å². The fraction of sp³-hybridized carbons (Fsp3) is 0.538. The Kier molecular flexibility index (Phi) is 4.90. The monoisotopic (exact) mass is 241 g/mol. The molecule has 0 aliphatic carbocycles. The highest BCUT2D eigenvalue weighted by atomic mass is 19.1. The van der Waals surface area contributed by atoms with Crippen LogP contribution < -0.4 is 5.32 Å². The van der Waals surface area contributed by atoms with E-state index in [0.717, 1.165) is 12.0 Å². The molecule has 0 saturated heterocycles. The molecule has 0 spiro atoms. The Labute approximate surface area is 101 Å². The lowest BCUT2D eigenvalue weighted by Gasteiger charge is -2.29. The van der Waals surface area contributed by atoms with Crippen molar-refractivity contribution >= 4 is 0 Å². The van der Waals surface area contributed by atoms with Gasteiger partial charge in [-0.1, -0.05) is 13.0 Å². The molecule has 1 aromatic carbocycles. The quantitative estimate of drug-likeness (QED) is 0.715. The topological polar surface area (TPSA) is 52.5 Å². The molecule has 4 heteroatoms. The van der Waals surface area contributed by atoms with Gasteiger partial charge in [-0.25, -0.2) is 4.39 Å². The first-order chi connectivity index (χ1) is 8.00. The van der Waals surface area contributed by atoms with E-state index in [2.05, 4.69) is 5.32 Å². The summed E-state index contributed by atoms with van der Waals surface area (Å²) in [5.41, 5.74) is 0.626. The SMILES string of the molecule is CCC(C)(CCO)NCc1ccc(O)c(F)c1. The Morgan fingerprint density at radius 3 is 2.65 bits per heavy atom. The molecule has 1 atom stereocenters. The lowest BCUT2D eigenvalue weighted by molar-refractivity contribution is 0.214. The summed E-state index contributed by atoms with van der Waals surface area (Å²) in [4.78, 5) is 0. The van der Waals surface area contributed by atoms with Gasteiger partial charge in [0, 0.05) is 18.7 Å². The zero-order valence-corrected chi connectivity index (χ0v) is 10.3. The summed E-state index contributed by atoms with van der Waals surface area (Å²) < 4.78 is 13.1. The number of halogens is 1. The summed E-state index contributed by atoms with van der Waals surface area (Å²) in [7, 11) is 0. The van der Waals surface area contributed by atoms with E-state index < -0.39 is 5.82 Å². The third-order valence-electron chi connectivity index (χ3n) is 3.18. The summed E-state index contributed by atoms with van der Waals surface area (Å²) in [6.45, 7) is 4.71. The van der Waals surface area contributed by atoms with Gasteiger partial charge in [0.2, 0.25) is 0 Å². The second kappa shape index (κ2) is 5.98. The van der Waals surface area contributed by atoms with Crippen molar-refractivity contribution in [2.45, 2.75) is 38.8 Å². The van der Waals surface area contributed by atoms with Crippen molar-refractivity contribution in [1.29, 1.82) is 0 Å². The zero-order chi connectivity index (χ0) is 12.9. The smallest absolute Gasteiger partial charge is 0.165 e. The highest BCUT2D eigenvalue weighted by Gasteiger charge is 2.20. The average molecular weight is 241 g/mol. The Morgan fingerprint density at radius 1 is 1.41 bits per heavy atom. The molecule has 0 aromatic heterocycles. The van der Waals surface area contributed by atoms with Crippen LogP contribution in [-0.2, 0) is 6.54 Å². The van der Waals surface area contributed by atoms with Crippen LogP contribution in [0.15, 0.2) is 18.2 Å². The first kappa shape index (κ1) is 13.9. The minimum Gasteiger partial charge on any atom is -0.505 e. The Bertz CT molecular complexity index is 370.